The minimum atomic E-state index is 0.0349. The molecule has 0 N–H and O–H groups in total. The molecule has 0 amide bonds. The number of hydrogen-bond acceptors (Lipinski definition) is 1. The Morgan fingerprint density at radius 3 is 2.86 bits per heavy atom. The molecule has 2 saturated carbocycles. The van der Waals surface area contributed by atoms with Crippen LogP contribution < -0.4 is 0 Å². The summed E-state index contributed by atoms with van der Waals surface area (Å²) in [6.45, 7) is 4.73. The summed E-state index contributed by atoms with van der Waals surface area (Å²) in [6.07, 6.45) is 7.17. The third-order valence-corrected chi connectivity index (χ3v) is 4.93. The SMILES string of the molecule is CC1(C)C2=CC3CC1CC(C#N)(C2)C3. The quantitative estimate of drug-likeness (QED) is 0.534. The van der Waals surface area contributed by atoms with Crippen molar-refractivity contribution in [3.63, 3.8) is 0 Å². The van der Waals surface area contributed by atoms with Crippen LogP contribution >= 0.6 is 0 Å². The molecule has 4 bridgehead atoms. The van der Waals surface area contributed by atoms with E-state index >= 15 is 0 Å². The van der Waals surface area contributed by atoms with E-state index < -0.39 is 0 Å². The monoisotopic (exact) mass is 187 g/mol. The van der Waals surface area contributed by atoms with Crippen LogP contribution in [0.15, 0.2) is 11.6 Å². The van der Waals surface area contributed by atoms with Crippen LogP contribution in [0.3, 0.4) is 0 Å². The van der Waals surface area contributed by atoms with Crippen molar-refractivity contribution in [3.05, 3.63) is 11.6 Å². The zero-order valence-corrected chi connectivity index (χ0v) is 9.01. The zero-order valence-electron chi connectivity index (χ0n) is 9.01. The highest BCUT2D eigenvalue weighted by Crippen LogP contribution is 2.63. The molecule has 0 aromatic heterocycles. The third kappa shape index (κ3) is 0.848. The van der Waals surface area contributed by atoms with E-state index in [2.05, 4.69) is 26.0 Å². The first-order valence-corrected chi connectivity index (χ1v) is 5.68. The molecule has 1 nitrogen and oxygen atoms in total. The normalized spacial score (nSPS) is 47.4. The van der Waals surface area contributed by atoms with Gasteiger partial charge in [-0.25, -0.2) is 0 Å². The number of rotatable bonds is 0. The molecule has 3 atom stereocenters. The molecule has 0 aromatic rings. The summed E-state index contributed by atoms with van der Waals surface area (Å²) in [4.78, 5) is 0. The van der Waals surface area contributed by atoms with Crippen LogP contribution in [0.5, 0.6) is 0 Å². The standard InChI is InChI=1S/C13H17N/c1-12(2)10-3-9-4-11(12)7-13(5-9,6-10)8-14/h3,9,11H,4-7H2,1-2H3. The lowest BCUT2D eigenvalue weighted by atomic mass is 9.46. The molecule has 4 aliphatic carbocycles. The second kappa shape index (κ2) is 2.24. The van der Waals surface area contributed by atoms with Gasteiger partial charge >= 0.3 is 0 Å². The van der Waals surface area contributed by atoms with E-state index in [-0.39, 0.29) is 5.41 Å². The van der Waals surface area contributed by atoms with Gasteiger partial charge in [0, 0.05) is 0 Å². The predicted molar refractivity (Wildman–Crippen MR) is 55.4 cm³/mol. The van der Waals surface area contributed by atoms with Crippen LogP contribution in [0, 0.1) is 34.0 Å². The van der Waals surface area contributed by atoms with Gasteiger partial charge in [0.05, 0.1) is 11.5 Å². The topological polar surface area (TPSA) is 23.8 Å². The molecule has 1 heteroatoms. The number of nitrogens with zero attached hydrogens (tertiary/aromatic N) is 1. The molecule has 74 valence electrons. The minimum absolute atomic E-state index is 0.0349. The first-order chi connectivity index (χ1) is 6.56. The Balaban J connectivity index is 2.11. The van der Waals surface area contributed by atoms with Gasteiger partial charge in [0.2, 0.25) is 0 Å². The molecule has 3 unspecified atom stereocenters. The first kappa shape index (κ1) is 8.53. The summed E-state index contributed by atoms with van der Waals surface area (Å²) in [5.41, 5.74) is 2.00. The molecule has 0 heterocycles. The number of hydrogen-bond donors (Lipinski definition) is 0. The van der Waals surface area contributed by atoms with Crippen LogP contribution in [-0.2, 0) is 0 Å². The highest BCUT2D eigenvalue weighted by Gasteiger charge is 2.54. The van der Waals surface area contributed by atoms with Crippen LogP contribution in [0.4, 0.5) is 0 Å². The van der Waals surface area contributed by atoms with Gasteiger partial charge in [-0.1, -0.05) is 25.5 Å². The lowest BCUT2D eigenvalue weighted by molar-refractivity contribution is 0.0291. The maximum absolute atomic E-state index is 9.32. The molecule has 0 aromatic carbocycles. The lowest BCUT2D eigenvalue weighted by Gasteiger charge is -2.57. The minimum Gasteiger partial charge on any atom is -0.198 e. The smallest absolute Gasteiger partial charge is 0.0693 e. The Bertz CT molecular complexity index is 358. The van der Waals surface area contributed by atoms with Crippen molar-refractivity contribution < 1.29 is 0 Å². The van der Waals surface area contributed by atoms with Gasteiger partial charge in [0.1, 0.15) is 0 Å². The second-order valence-corrected chi connectivity index (χ2v) is 6.08. The highest BCUT2D eigenvalue weighted by atomic mass is 14.6. The summed E-state index contributed by atoms with van der Waals surface area (Å²) in [6, 6.07) is 2.61. The largest absolute Gasteiger partial charge is 0.198 e. The van der Waals surface area contributed by atoms with E-state index in [1.807, 2.05) is 0 Å². The van der Waals surface area contributed by atoms with Crippen molar-refractivity contribution in [1.82, 2.24) is 0 Å². The van der Waals surface area contributed by atoms with Crippen molar-refractivity contribution in [2.45, 2.75) is 39.5 Å². The maximum Gasteiger partial charge on any atom is 0.0693 e. The molecule has 2 fully saturated rings. The van der Waals surface area contributed by atoms with E-state index in [9.17, 15) is 5.26 Å². The van der Waals surface area contributed by atoms with E-state index in [1.165, 1.54) is 6.42 Å². The summed E-state index contributed by atoms with van der Waals surface area (Å²) in [5.74, 6) is 1.50. The molecular weight excluding hydrogens is 170 g/mol. The molecular formula is C13H17N. The molecule has 0 radical (unpaired) electrons. The highest BCUT2D eigenvalue weighted by molar-refractivity contribution is 5.32. The Kier molecular flexibility index (Phi) is 1.37. The first-order valence-electron chi connectivity index (χ1n) is 5.68. The van der Waals surface area contributed by atoms with Crippen molar-refractivity contribution in [2.75, 3.05) is 0 Å². The van der Waals surface area contributed by atoms with Gasteiger partial charge in [-0.3, -0.25) is 0 Å². The van der Waals surface area contributed by atoms with Gasteiger partial charge in [0.25, 0.3) is 0 Å². The number of allylic oxidation sites excluding steroid dienone is 2. The third-order valence-electron chi connectivity index (χ3n) is 4.93. The summed E-state index contributed by atoms with van der Waals surface area (Å²) in [5, 5.41) is 9.32. The maximum atomic E-state index is 9.32. The van der Waals surface area contributed by atoms with Crippen LogP contribution in [0.25, 0.3) is 0 Å². The summed E-state index contributed by atoms with van der Waals surface area (Å²) in [7, 11) is 0. The van der Waals surface area contributed by atoms with Crippen molar-refractivity contribution in [1.29, 1.82) is 5.26 Å². The average Bonchev–Trinajstić information content (AvgIpc) is 2.14. The van der Waals surface area contributed by atoms with Crippen molar-refractivity contribution in [2.24, 2.45) is 22.7 Å². The average molecular weight is 187 g/mol. The predicted octanol–water partition coefficient (Wildman–Crippen LogP) is 3.28. The van der Waals surface area contributed by atoms with E-state index in [0.717, 1.165) is 31.1 Å². The fourth-order valence-electron chi connectivity index (χ4n) is 3.95. The van der Waals surface area contributed by atoms with Crippen molar-refractivity contribution >= 4 is 0 Å². The molecule has 14 heavy (non-hydrogen) atoms. The van der Waals surface area contributed by atoms with Crippen molar-refractivity contribution in [3.8, 4) is 6.07 Å². The van der Waals surface area contributed by atoms with E-state index in [0.29, 0.717) is 5.41 Å². The second-order valence-electron chi connectivity index (χ2n) is 6.08. The van der Waals surface area contributed by atoms with E-state index in [4.69, 9.17) is 0 Å². The Morgan fingerprint density at radius 2 is 2.21 bits per heavy atom. The summed E-state index contributed by atoms with van der Waals surface area (Å²) >= 11 is 0. The molecule has 4 aliphatic rings. The Morgan fingerprint density at radius 1 is 1.43 bits per heavy atom. The molecule has 4 rings (SSSR count). The van der Waals surface area contributed by atoms with Crippen LogP contribution in [0.2, 0.25) is 0 Å². The fraction of sp³-hybridized carbons (Fsp3) is 0.769. The van der Waals surface area contributed by atoms with Crippen LogP contribution in [-0.4, -0.2) is 0 Å². The fourth-order valence-corrected chi connectivity index (χ4v) is 3.95. The summed E-state index contributed by atoms with van der Waals surface area (Å²) < 4.78 is 0. The van der Waals surface area contributed by atoms with Gasteiger partial charge in [0.15, 0.2) is 0 Å². The molecule has 0 spiro atoms. The van der Waals surface area contributed by atoms with Gasteiger partial charge in [-0.2, -0.15) is 5.26 Å². The Labute approximate surface area is 85.8 Å². The molecule has 0 aliphatic heterocycles. The van der Waals surface area contributed by atoms with Crippen LogP contribution in [0.1, 0.15) is 39.5 Å². The van der Waals surface area contributed by atoms with Gasteiger partial charge < -0.3 is 0 Å². The number of nitriles is 1. The van der Waals surface area contributed by atoms with E-state index in [1.54, 1.807) is 5.57 Å². The molecule has 0 saturated heterocycles. The van der Waals surface area contributed by atoms with Gasteiger partial charge in [-0.05, 0) is 42.9 Å². The lowest BCUT2D eigenvalue weighted by Crippen LogP contribution is -2.48. The zero-order chi connectivity index (χ0) is 9.97. The van der Waals surface area contributed by atoms with Gasteiger partial charge in [-0.15, -0.1) is 0 Å². The Hall–Kier alpha value is -0.770.